The molecular weight excluding hydrogens is 272 g/mol. The van der Waals surface area contributed by atoms with Crippen LogP contribution in [0.25, 0.3) is 0 Å². The van der Waals surface area contributed by atoms with E-state index >= 15 is 0 Å². The van der Waals surface area contributed by atoms with E-state index in [0.29, 0.717) is 18.8 Å². The Hall–Kier alpha value is -2.30. The van der Waals surface area contributed by atoms with Crippen molar-refractivity contribution in [1.29, 1.82) is 0 Å². The summed E-state index contributed by atoms with van der Waals surface area (Å²) in [5.74, 6) is -0.0513. The molecule has 5 nitrogen and oxygen atoms in total. The van der Waals surface area contributed by atoms with Gasteiger partial charge in [-0.05, 0) is 43.5 Å². The highest BCUT2D eigenvalue weighted by Crippen LogP contribution is 2.19. The van der Waals surface area contributed by atoms with Crippen LogP contribution in [0, 0.1) is 6.92 Å². The first-order valence-electron chi connectivity index (χ1n) is 6.69. The van der Waals surface area contributed by atoms with E-state index in [0.717, 1.165) is 30.2 Å². The van der Waals surface area contributed by atoms with Gasteiger partial charge in [0.15, 0.2) is 0 Å². The average Bonchev–Trinajstić information content (AvgIpc) is 2.50. The third-order valence-electron chi connectivity index (χ3n) is 2.80. The maximum atomic E-state index is 11.4. The van der Waals surface area contributed by atoms with E-state index in [9.17, 15) is 9.59 Å². The topological polar surface area (TPSA) is 61.8 Å². The Morgan fingerprint density at radius 3 is 2.57 bits per heavy atom. The molecule has 0 spiro atoms. The van der Waals surface area contributed by atoms with E-state index in [4.69, 9.17) is 9.47 Å². The number of ether oxygens (including phenoxy) is 3. The lowest BCUT2D eigenvalue weighted by molar-refractivity contribution is -0.137. The molecule has 0 heterocycles. The normalized spacial score (nSPS) is 9.81. The number of hydrogen-bond acceptors (Lipinski definition) is 5. The Morgan fingerprint density at radius 2 is 1.95 bits per heavy atom. The summed E-state index contributed by atoms with van der Waals surface area (Å²) in [7, 11) is 1.35. The van der Waals surface area contributed by atoms with Crippen LogP contribution < -0.4 is 4.74 Å². The van der Waals surface area contributed by atoms with Gasteiger partial charge in [0.2, 0.25) is 0 Å². The molecular formula is C16H20O5. The zero-order valence-electron chi connectivity index (χ0n) is 12.4. The number of unbranched alkanes of at least 4 members (excludes halogenated alkanes) is 1. The second kappa shape index (κ2) is 8.79. The van der Waals surface area contributed by atoms with E-state index in [1.165, 1.54) is 7.11 Å². The first-order chi connectivity index (χ1) is 10.1. The summed E-state index contributed by atoms with van der Waals surface area (Å²) in [6.45, 7) is 6.06. The molecule has 114 valence electrons. The summed E-state index contributed by atoms with van der Waals surface area (Å²) in [5, 5.41) is 0. The van der Waals surface area contributed by atoms with Crippen LogP contribution in [-0.2, 0) is 14.3 Å². The van der Waals surface area contributed by atoms with Gasteiger partial charge in [-0.15, -0.1) is 0 Å². The number of esters is 2. The van der Waals surface area contributed by atoms with Crippen LogP contribution in [0.15, 0.2) is 30.9 Å². The van der Waals surface area contributed by atoms with Crippen LogP contribution in [0.2, 0.25) is 0 Å². The fraction of sp³-hybridized carbons (Fsp3) is 0.375. The van der Waals surface area contributed by atoms with Gasteiger partial charge in [0.25, 0.3) is 0 Å². The van der Waals surface area contributed by atoms with Crippen molar-refractivity contribution in [2.45, 2.75) is 19.8 Å². The predicted octanol–water partition coefficient (Wildman–Crippen LogP) is 2.67. The van der Waals surface area contributed by atoms with Gasteiger partial charge in [0.05, 0.1) is 25.9 Å². The zero-order chi connectivity index (χ0) is 15.7. The summed E-state index contributed by atoms with van der Waals surface area (Å²) in [6.07, 6.45) is 2.63. The van der Waals surface area contributed by atoms with Gasteiger partial charge in [0.1, 0.15) is 5.75 Å². The number of aryl methyl sites for hydroxylation is 1. The molecule has 5 heteroatoms. The SMILES string of the molecule is C=CC(=O)OCCCCOc1ccc(C(=O)OC)cc1C. The molecule has 1 rings (SSSR count). The Balaban J connectivity index is 2.34. The first-order valence-corrected chi connectivity index (χ1v) is 6.69. The van der Waals surface area contributed by atoms with Crippen molar-refractivity contribution in [1.82, 2.24) is 0 Å². The molecule has 0 amide bonds. The predicted molar refractivity (Wildman–Crippen MR) is 78.4 cm³/mol. The third kappa shape index (κ3) is 5.69. The van der Waals surface area contributed by atoms with Crippen LogP contribution in [0.4, 0.5) is 0 Å². The van der Waals surface area contributed by atoms with E-state index < -0.39 is 5.97 Å². The standard InChI is InChI=1S/C16H20O5/c1-4-15(17)21-10-6-5-9-20-14-8-7-13(11-12(14)2)16(18)19-3/h4,7-8,11H,1,5-6,9-10H2,2-3H3. The van der Waals surface area contributed by atoms with Gasteiger partial charge in [-0.1, -0.05) is 6.58 Å². The summed E-state index contributed by atoms with van der Waals surface area (Å²) >= 11 is 0. The van der Waals surface area contributed by atoms with Crippen molar-refractivity contribution in [3.05, 3.63) is 42.0 Å². The van der Waals surface area contributed by atoms with Crippen molar-refractivity contribution < 1.29 is 23.8 Å². The largest absolute Gasteiger partial charge is 0.493 e. The second-order valence-electron chi connectivity index (χ2n) is 4.40. The zero-order valence-corrected chi connectivity index (χ0v) is 12.4. The van der Waals surface area contributed by atoms with Crippen molar-refractivity contribution >= 4 is 11.9 Å². The fourth-order valence-electron chi connectivity index (χ4n) is 1.67. The Bertz CT molecular complexity index is 507. The number of hydrogen-bond donors (Lipinski definition) is 0. The molecule has 1 aromatic rings. The van der Waals surface area contributed by atoms with Crippen LogP contribution >= 0.6 is 0 Å². The lowest BCUT2D eigenvalue weighted by Gasteiger charge is -2.10. The molecule has 0 radical (unpaired) electrons. The molecule has 0 aliphatic carbocycles. The maximum absolute atomic E-state index is 11.4. The fourth-order valence-corrected chi connectivity index (χ4v) is 1.67. The number of benzene rings is 1. The minimum atomic E-state index is -0.412. The molecule has 0 saturated carbocycles. The monoisotopic (exact) mass is 292 g/mol. The first kappa shape index (κ1) is 16.8. The number of methoxy groups -OCH3 is 1. The average molecular weight is 292 g/mol. The molecule has 0 aliphatic heterocycles. The van der Waals surface area contributed by atoms with Crippen molar-refractivity contribution in [2.75, 3.05) is 20.3 Å². The van der Waals surface area contributed by atoms with Crippen molar-refractivity contribution in [3.63, 3.8) is 0 Å². The lowest BCUT2D eigenvalue weighted by Crippen LogP contribution is -2.05. The van der Waals surface area contributed by atoms with Crippen LogP contribution in [-0.4, -0.2) is 32.3 Å². The molecule has 0 aromatic heterocycles. The molecule has 0 unspecified atom stereocenters. The summed E-state index contributed by atoms with van der Waals surface area (Å²) in [6, 6.07) is 5.15. The summed E-state index contributed by atoms with van der Waals surface area (Å²) < 4.78 is 15.1. The third-order valence-corrected chi connectivity index (χ3v) is 2.80. The van der Waals surface area contributed by atoms with E-state index in [1.807, 2.05) is 6.92 Å². The minimum absolute atomic E-state index is 0.356. The molecule has 0 atom stereocenters. The highest BCUT2D eigenvalue weighted by Gasteiger charge is 2.08. The molecule has 0 N–H and O–H groups in total. The number of carbonyl (C=O) groups is 2. The van der Waals surface area contributed by atoms with Crippen molar-refractivity contribution in [3.8, 4) is 5.75 Å². The molecule has 0 aliphatic rings. The van der Waals surface area contributed by atoms with Gasteiger partial charge < -0.3 is 14.2 Å². The van der Waals surface area contributed by atoms with Gasteiger partial charge in [-0.25, -0.2) is 9.59 Å². The molecule has 21 heavy (non-hydrogen) atoms. The van der Waals surface area contributed by atoms with Gasteiger partial charge in [-0.3, -0.25) is 0 Å². The molecule has 0 bridgehead atoms. The van der Waals surface area contributed by atoms with Crippen LogP contribution in [0.1, 0.15) is 28.8 Å². The molecule has 1 aromatic carbocycles. The maximum Gasteiger partial charge on any atom is 0.337 e. The van der Waals surface area contributed by atoms with Crippen LogP contribution in [0.3, 0.4) is 0 Å². The summed E-state index contributed by atoms with van der Waals surface area (Å²) in [4.78, 5) is 22.2. The quantitative estimate of drug-likeness (QED) is 0.419. The minimum Gasteiger partial charge on any atom is -0.493 e. The number of rotatable bonds is 8. The molecule has 0 saturated heterocycles. The van der Waals surface area contributed by atoms with Gasteiger partial charge >= 0.3 is 11.9 Å². The van der Waals surface area contributed by atoms with E-state index in [-0.39, 0.29) is 5.97 Å². The Morgan fingerprint density at radius 1 is 1.24 bits per heavy atom. The van der Waals surface area contributed by atoms with E-state index in [2.05, 4.69) is 11.3 Å². The second-order valence-corrected chi connectivity index (χ2v) is 4.40. The smallest absolute Gasteiger partial charge is 0.337 e. The number of carbonyl (C=O) groups excluding carboxylic acids is 2. The van der Waals surface area contributed by atoms with E-state index in [1.54, 1.807) is 18.2 Å². The highest BCUT2D eigenvalue weighted by atomic mass is 16.5. The molecule has 0 fully saturated rings. The Kier molecular flexibility index (Phi) is 7.01. The van der Waals surface area contributed by atoms with Gasteiger partial charge in [-0.2, -0.15) is 0 Å². The van der Waals surface area contributed by atoms with Crippen LogP contribution in [0.5, 0.6) is 5.75 Å². The van der Waals surface area contributed by atoms with Gasteiger partial charge in [0, 0.05) is 6.08 Å². The highest BCUT2D eigenvalue weighted by molar-refractivity contribution is 5.89. The Labute approximate surface area is 124 Å². The lowest BCUT2D eigenvalue weighted by atomic mass is 10.1. The van der Waals surface area contributed by atoms with Crippen molar-refractivity contribution in [2.24, 2.45) is 0 Å². The summed E-state index contributed by atoms with van der Waals surface area (Å²) in [5.41, 5.74) is 1.37.